The Morgan fingerprint density at radius 2 is 1.31 bits per heavy atom. The third-order valence-electron chi connectivity index (χ3n) is 9.09. The summed E-state index contributed by atoms with van der Waals surface area (Å²) < 4.78 is 112. The molecule has 2 aromatic heterocycles. The van der Waals surface area contributed by atoms with Crippen molar-refractivity contribution in [3.8, 4) is 11.8 Å². The first-order chi connectivity index (χ1) is 31.7. The fraction of sp³-hybridized carbons (Fsp3) is 0.243. The molecule has 0 amide bonds. The highest BCUT2D eigenvalue weighted by Gasteiger charge is 2.24. The predicted molar refractivity (Wildman–Crippen MR) is 236 cm³/mol. The summed E-state index contributed by atoms with van der Waals surface area (Å²) in [6, 6.07) is 11.7. The zero-order valence-electron chi connectivity index (χ0n) is 34.5. The third-order valence-corrected chi connectivity index (χ3v) is 11.7. The number of hydrogen-bond acceptors (Lipinski definition) is 27. The number of anilines is 7. The fourth-order valence-electron chi connectivity index (χ4n) is 6.29. The highest BCUT2D eigenvalue weighted by molar-refractivity contribution is 7.86. The number of aliphatic hydroxyl groups is 3. The summed E-state index contributed by atoms with van der Waals surface area (Å²) >= 11 is 0. The molecule has 6 aromatic rings. The molecule has 0 radical (unpaired) electrons. The molecule has 0 bridgehead atoms. The molecular weight excluding hydrogens is 945 g/mol. The Morgan fingerprint density at radius 3 is 1.94 bits per heavy atom. The maximum absolute atomic E-state index is 12.6. The molecule has 4 aromatic carbocycles. The molecule has 27 nitrogen and oxygen atoms in total. The van der Waals surface area contributed by atoms with Crippen LogP contribution in [0.2, 0.25) is 0 Å². The molecule has 0 spiro atoms. The van der Waals surface area contributed by atoms with Gasteiger partial charge in [-0.3, -0.25) is 0 Å². The molecule has 30 heteroatoms. The standard InChI is InChI=1S/C37H40N14O13S3/c1-19(43-33-24(17-38)32(39-8-11-52)45-34(46-33)40-9-12-53)18-42-36-47-35(41-10-13-54)48-37(49-36)44-26-16-22(65(56,57)58)14-21-15-27(66(59,60)61)29(30(55)28(21)26)51-50-25-7-6-20-4-2-3-5-23(20)31(25)67(62,63)64/h2-7,14-16,19,52-55H,8-13,18H2,1H3,(H,56,57,58)(H,59,60,61)(H,62,63,64)(H3,39,40,43,45,46)(H3,41,42,44,47,48,49)/p-3. The van der Waals surface area contributed by atoms with Crippen LogP contribution in [0, 0.1) is 11.3 Å². The van der Waals surface area contributed by atoms with Crippen molar-refractivity contribution in [3.63, 3.8) is 0 Å². The van der Waals surface area contributed by atoms with Crippen molar-refractivity contribution in [2.75, 3.05) is 77.9 Å². The molecule has 67 heavy (non-hydrogen) atoms. The zero-order chi connectivity index (χ0) is 48.7. The van der Waals surface area contributed by atoms with Gasteiger partial charge in [0.05, 0.1) is 40.2 Å². The van der Waals surface area contributed by atoms with Crippen LogP contribution in [0.25, 0.3) is 21.5 Å². The van der Waals surface area contributed by atoms with Crippen molar-refractivity contribution < 1.29 is 59.3 Å². The van der Waals surface area contributed by atoms with Crippen molar-refractivity contribution in [1.29, 1.82) is 5.26 Å². The molecule has 354 valence electrons. The Labute approximate surface area is 380 Å². The van der Waals surface area contributed by atoms with E-state index in [1.165, 1.54) is 24.3 Å². The van der Waals surface area contributed by atoms with Crippen LogP contribution in [0.4, 0.5) is 52.5 Å². The van der Waals surface area contributed by atoms with Gasteiger partial charge < -0.3 is 66.0 Å². The number of phenols is 1. The number of azo groups is 1. The first-order valence-electron chi connectivity index (χ1n) is 19.3. The number of benzene rings is 4. The van der Waals surface area contributed by atoms with E-state index < -0.39 is 97.2 Å². The number of aromatic nitrogens is 5. The largest absolute Gasteiger partial charge is 0.744 e. The molecule has 0 saturated carbocycles. The molecule has 0 aliphatic carbocycles. The predicted octanol–water partition coefficient (Wildman–Crippen LogP) is 1.54. The Kier molecular flexibility index (Phi) is 15.1. The van der Waals surface area contributed by atoms with E-state index in [0.717, 1.165) is 12.1 Å². The van der Waals surface area contributed by atoms with Crippen LogP contribution in [0.1, 0.15) is 12.5 Å². The number of rotatable bonds is 21. The topological polar surface area (TPSA) is 438 Å². The minimum Gasteiger partial charge on any atom is -0.744 e. The Bertz CT molecular complexity index is 3270. The van der Waals surface area contributed by atoms with Gasteiger partial charge >= 0.3 is 0 Å². The molecule has 0 aliphatic heterocycles. The summed E-state index contributed by atoms with van der Waals surface area (Å²) in [6.07, 6.45) is 0. The van der Waals surface area contributed by atoms with Crippen LogP contribution < -0.4 is 31.9 Å². The lowest BCUT2D eigenvalue weighted by molar-refractivity contribution is 0.310. The number of fused-ring (bicyclic) bond motifs is 2. The van der Waals surface area contributed by atoms with Gasteiger partial charge in [0.1, 0.15) is 53.4 Å². The second-order valence-electron chi connectivity index (χ2n) is 13.9. The number of hydrogen-bond donors (Lipinski definition) is 10. The summed E-state index contributed by atoms with van der Waals surface area (Å²) in [4.78, 5) is 18.1. The molecule has 0 fully saturated rings. The summed E-state index contributed by atoms with van der Waals surface area (Å²) in [5.74, 6) is -1.75. The van der Waals surface area contributed by atoms with Gasteiger partial charge in [-0.25, -0.2) is 25.3 Å². The first-order valence-corrected chi connectivity index (χ1v) is 23.5. The summed E-state index contributed by atoms with van der Waals surface area (Å²) in [7, 11) is -16.3. The number of nitrogens with one attached hydrogen (secondary N) is 6. The highest BCUT2D eigenvalue weighted by Crippen LogP contribution is 2.46. The van der Waals surface area contributed by atoms with E-state index in [0.29, 0.717) is 17.5 Å². The van der Waals surface area contributed by atoms with Crippen molar-refractivity contribution in [1.82, 2.24) is 24.9 Å². The normalized spacial score (nSPS) is 12.5. The molecule has 6 rings (SSSR count). The zero-order valence-corrected chi connectivity index (χ0v) is 36.9. The number of aliphatic hydroxyl groups excluding tert-OH is 3. The maximum atomic E-state index is 12.6. The molecule has 2 heterocycles. The van der Waals surface area contributed by atoms with E-state index in [9.17, 15) is 64.6 Å². The molecule has 0 aliphatic rings. The van der Waals surface area contributed by atoms with E-state index in [4.69, 9.17) is 0 Å². The SMILES string of the molecule is CC(CNc1nc(NCCO)nc(Nc2cc(S(=O)(=O)[O-])cc3cc(S(=O)(=O)[O-])c(N=Nc4ccc5ccccc5c4S(=O)(=O)[O-])c(O)c23)n1)Nc1nc(NCCO)nc(NCCO)c1C#N. The van der Waals surface area contributed by atoms with Gasteiger partial charge in [-0.1, -0.05) is 30.3 Å². The molecule has 1 atom stereocenters. The van der Waals surface area contributed by atoms with Gasteiger partial charge in [-0.15, -0.1) is 10.2 Å². The van der Waals surface area contributed by atoms with Crippen LogP contribution >= 0.6 is 0 Å². The van der Waals surface area contributed by atoms with Gasteiger partial charge in [0.15, 0.2) is 17.4 Å². The second-order valence-corrected chi connectivity index (χ2v) is 17.9. The van der Waals surface area contributed by atoms with Crippen LogP contribution in [0.3, 0.4) is 0 Å². The Hall–Kier alpha value is -7.21. The quantitative estimate of drug-likeness (QED) is 0.0361. The number of phenolic OH excluding ortho intramolecular Hbond substituents is 1. The molecule has 10 N–H and O–H groups in total. The van der Waals surface area contributed by atoms with Gasteiger partial charge in [0.2, 0.25) is 23.8 Å². The van der Waals surface area contributed by atoms with E-state index in [-0.39, 0.29) is 79.8 Å². The second kappa shape index (κ2) is 20.5. The smallest absolute Gasteiger partial charge is 0.233 e. The van der Waals surface area contributed by atoms with Crippen LogP contribution in [0.15, 0.2) is 79.5 Å². The third kappa shape index (κ3) is 11.8. The highest BCUT2D eigenvalue weighted by atomic mass is 32.2. The molecule has 0 saturated heterocycles. The molecule has 1 unspecified atom stereocenters. The van der Waals surface area contributed by atoms with E-state index in [1.807, 2.05) is 6.07 Å². The van der Waals surface area contributed by atoms with Crippen LogP contribution in [-0.2, 0) is 30.4 Å². The van der Waals surface area contributed by atoms with Gasteiger partial charge in [-0.2, -0.15) is 30.2 Å². The molecular formula is C37H37N14O13S3-3. The Balaban J connectivity index is 1.42. The van der Waals surface area contributed by atoms with Gasteiger partial charge in [-0.05, 0) is 42.0 Å². The van der Waals surface area contributed by atoms with Crippen molar-refractivity contribution in [2.45, 2.75) is 27.7 Å². The minimum atomic E-state index is -5.63. The number of nitriles is 1. The van der Waals surface area contributed by atoms with Crippen LogP contribution in [-0.4, -0.2) is 136 Å². The lowest BCUT2D eigenvalue weighted by Gasteiger charge is -2.20. The van der Waals surface area contributed by atoms with Gasteiger partial charge in [0.25, 0.3) is 0 Å². The number of aromatic hydroxyl groups is 1. The lowest BCUT2D eigenvalue weighted by Crippen LogP contribution is -2.27. The van der Waals surface area contributed by atoms with Crippen molar-refractivity contribution in [2.24, 2.45) is 10.2 Å². The van der Waals surface area contributed by atoms with Crippen molar-refractivity contribution in [3.05, 3.63) is 60.2 Å². The average molecular weight is 982 g/mol. The minimum absolute atomic E-state index is 0.00627. The average Bonchev–Trinajstić information content (AvgIpc) is 3.26. The van der Waals surface area contributed by atoms with Crippen LogP contribution in [0.5, 0.6) is 5.75 Å². The fourth-order valence-corrected chi connectivity index (χ4v) is 8.29. The van der Waals surface area contributed by atoms with E-state index in [1.54, 1.807) is 13.0 Å². The Morgan fingerprint density at radius 1 is 0.701 bits per heavy atom. The van der Waals surface area contributed by atoms with Gasteiger partial charge in [0, 0.05) is 43.0 Å². The number of nitrogens with zero attached hydrogens (tertiary/aromatic N) is 8. The van der Waals surface area contributed by atoms with E-state index in [2.05, 4.69) is 67.0 Å². The summed E-state index contributed by atoms with van der Waals surface area (Å²) in [5, 5.41) is 73.4. The van der Waals surface area contributed by atoms with E-state index >= 15 is 0 Å². The first kappa shape index (κ1) is 49.2. The van der Waals surface area contributed by atoms with Crippen molar-refractivity contribution >= 4 is 104 Å². The monoisotopic (exact) mass is 981 g/mol. The summed E-state index contributed by atoms with van der Waals surface area (Å²) in [6.45, 7) is 0.782. The summed E-state index contributed by atoms with van der Waals surface area (Å²) in [5.41, 5.74) is -2.18. The maximum Gasteiger partial charge on any atom is 0.233 e. The lowest BCUT2D eigenvalue weighted by atomic mass is 10.1.